The quantitative estimate of drug-likeness (QED) is 0.517. The minimum Gasteiger partial charge on any atom is -0.395 e. The molecule has 0 aliphatic rings. The highest BCUT2D eigenvalue weighted by molar-refractivity contribution is 6.30. The third-order valence-electron chi connectivity index (χ3n) is 2.30. The van der Waals surface area contributed by atoms with Gasteiger partial charge in [-0.15, -0.1) is 11.6 Å². The fourth-order valence-corrected chi connectivity index (χ4v) is 1.57. The Balaban J connectivity index is 3.87. The molecule has 3 nitrogen and oxygen atoms in total. The maximum absolute atomic E-state index is 11.6. The average molecular weight is 236 g/mol. The SMILES string of the molecule is CCCCCCN(CCO)C(=O)C(C)Cl. The van der Waals surface area contributed by atoms with Crippen molar-refractivity contribution >= 4 is 17.5 Å². The Labute approximate surface area is 97.4 Å². The van der Waals surface area contributed by atoms with Gasteiger partial charge in [0.05, 0.1) is 6.61 Å². The Morgan fingerprint density at radius 1 is 1.33 bits per heavy atom. The van der Waals surface area contributed by atoms with Crippen molar-refractivity contribution in [2.24, 2.45) is 0 Å². The third-order valence-corrected chi connectivity index (χ3v) is 2.49. The van der Waals surface area contributed by atoms with Crippen LogP contribution in [0.2, 0.25) is 0 Å². The number of amides is 1. The number of hydrogen-bond acceptors (Lipinski definition) is 2. The first-order valence-electron chi connectivity index (χ1n) is 5.67. The molecule has 1 amide bonds. The van der Waals surface area contributed by atoms with Crippen LogP contribution in [-0.4, -0.2) is 41.0 Å². The normalized spacial score (nSPS) is 12.5. The first-order chi connectivity index (χ1) is 7.13. The molecule has 0 fully saturated rings. The molecule has 1 N–H and O–H groups in total. The van der Waals surface area contributed by atoms with Gasteiger partial charge in [-0.2, -0.15) is 0 Å². The highest BCUT2D eigenvalue weighted by Gasteiger charge is 2.17. The van der Waals surface area contributed by atoms with Crippen LogP contribution in [0.5, 0.6) is 0 Å². The van der Waals surface area contributed by atoms with Crippen molar-refractivity contribution < 1.29 is 9.90 Å². The summed E-state index contributed by atoms with van der Waals surface area (Å²) in [5.74, 6) is -0.0813. The van der Waals surface area contributed by atoms with Crippen molar-refractivity contribution in [2.75, 3.05) is 19.7 Å². The van der Waals surface area contributed by atoms with Gasteiger partial charge >= 0.3 is 0 Å². The minimum absolute atomic E-state index is 0.00310. The number of carbonyl (C=O) groups is 1. The van der Waals surface area contributed by atoms with E-state index >= 15 is 0 Å². The summed E-state index contributed by atoms with van der Waals surface area (Å²) in [5, 5.41) is 8.34. The number of hydrogen-bond donors (Lipinski definition) is 1. The molecule has 0 aromatic carbocycles. The number of carbonyl (C=O) groups excluding carboxylic acids is 1. The summed E-state index contributed by atoms with van der Waals surface area (Å²) in [6.07, 6.45) is 4.49. The molecule has 0 aliphatic heterocycles. The van der Waals surface area contributed by atoms with E-state index in [1.807, 2.05) is 0 Å². The van der Waals surface area contributed by atoms with Crippen molar-refractivity contribution in [1.82, 2.24) is 4.90 Å². The first kappa shape index (κ1) is 14.7. The predicted molar refractivity (Wildman–Crippen MR) is 63.1 cm³/mol. The van der Waals surface area contributed by atoms with Crippen molar-refractivity contribution in [2.45, 2.75) is 44.9 Å². The molecule has 0 bridgehead atoms. The largest absolute Gasteiger partial charge is 0.395 e. The summed E-state index contributed by atoms with van der Waals surface area (Å²) in [6.45, 7) is 4.92. The fraction of sp³-hybridized carbons (Fsp3) is 0.909. The van der Waals surface area contributed by atoms with Gasteiger partial charge in [-0.3, -0.25) is 4.79 Å². The summed E-state index contributed by atoms with van der Waals surface area (Å²) in [4.78, 5) is 13.2. The molecule has 0 heterocycles. The standard InChI is InChI=1S/C11H22ClNO2/c1-3-4-5-6-7-13(8-9-14)11(15)10(2)12/h10,14H,3-9H2,1-2H3. The van der Waals surface area contributed by atoms with Gasteiger partial charge in [-0.05, 0) is 13.3 Å². The number of rotatable bonds is 8. The van der Waals surface area contributed by atoms with Gasteiger partial charge in [0.1, 0.15) is 5.38 Å². The lowest BCUT2D eigenvalue weighted by Crippen LogP contribution is -2.38. The topological polar surface area (TPSA) is 40.5 Å². The van der Waals surface area contributed by atoms with Crippen LogP contribution < -0.4 is 0 Å². The molecule has 1 unspecified atom stereocenters. The second-order valence-electron chi connectivity index (χ2n) is 3.73. The molecule has 0 spiro atoms. The molecule has 0 aromatic rings. The summed E-state index contributed by atoms with van der Waals surface area (Å²) < 4.78 is 0. The number of halogens is 1. The van der Waals surface area contributed by atoms with E-state index in [2.05, 4.69) is 6.92 Å². The van der Waals surface area contributed by atoms with Crippen molar-refractivity contribution in [1.29, 1.82) is 0 Å². The maximum Gasteiger partial charge on any atom is 0.240 e. The van der Waals surface area contributed by atoms with E-state index in [9.17, 15) is 4.79 Å². The van der Waals surface area contributed by atoms with E-state index in [0.717, 1.165) is 12.8 Å². The van der Waals surface area contributed by atoms with E-state index in [4.69, 9.17) is 16.7 Å². The predicted octanol–water partition coefficient (Wildman–Crippen LogP) is 2.01. The first-order valence-corrected chi connectivity index (χ1v) is 6.10. The number of aliphatic hydroxyl groups excluding tert-OH is 1. The molecule has 90 valence electrons. The van der Waals surface area contributed by atoms with E-state index in [1.54, 1.807) is 11.8 Å². The van der Waals surface area contributed by atoms with Crippen LogP contribution in [0.4, 0.5) is 0 Å². The van der Waals surface area contributed by atoms with Gasteiger partial charge in [0.25, 0.3) is 0 Å². The minimum atomic E-state index is -0.497. The molecule has 15 heavy (non-hydrogen) atoms. The van der Waals surface area contributed by atoms with Crippen LogP contribution in [0.3, 0.4) is 0 Å². The van der Waals surface area contributed by atoms with Crippen LogP contribution >= 0.6 is 11.6 Å². The van der Waals surface area contributed by atoms with Crippen molar-refractivity contribution in [3.8, 4) is 0 Å². The number of aliphatic hydroxyl groups is 1. The molecule has 4 heteroatoms. The zero-order valence-corrected chi connectivity index (χ0v) is 10.5. The zero-order chi connectivity index (χ0) is 11.7. The molecule has 0 radical (unpaired) electrons. The Morgan fingerprint density at radius 2 is 2.00 bits per heavy atom. The second-order valence-corrected chi connectivity index (χ2v) is 4.38. The third kappa shape index (κ3) is 6.74. The Morgan fingerprint density at radius 3 is 2.47 bits per heavy atom. The zero-order valence-electron chi connectivity index (χ0n) is 9.71. The molecular weight excluding hydrogens is 214 g/mol. The lowest BCUT2D eigenvalue weighted by Gasteiger charge is -2.22. The van der Waals surface area contributed by atoms with E-state index in [1.165, 1.54) is 12.8 Å². The summed E-state index contributed by atoms with van der Waals surface area (Å²) in [6, 6.07) is 0. The fourth-order valence-electron chi connectivity index (χ4n) is 1.43. The molecule has 0 rings (SSSR count). The Kier molecular flexibility index (Phi) is 8.82. The van der Waals surface area contributed by atoms with Gasteiger partial charge < -0.3 is 10.0 Å². The highest BCUT2D eigenvalue weighted by Crippen LogP contribution is 2.05. The average Bonchev–Trinajstić information content (AvgIpc) is 2.21. The second kappa shape index (κ2) is 8.98. The molecule has 0 saturated carbocycles. The van der Waals surface area contributed by atoms with Crippen LogP contribution in [0.1, 0.15) is 39.5 Å². The summed E-state index contributed by atoms with van der Waals surface area (Å²) in [5.41, 5.74) is 0. The van der Waals surface area contributed by atoms with Gasteiger partial charge in [-0.25, -0.2) is 0 Å². The van der Waals surface area contributed by atoms with Crippen molar-refractivity contribution in [3.05, 3.63) is 0 Å². The lowest BCUT2D eigenvalue weighted by atomic mass is 10.2. The molecule has 0 aliphatic carbocycles. The number of unbranched alkanes of at least 4 members (excludes halogenated alkanes) is 3. The molecule has 0 saturated heterocycles. The van der Waals surface area contributed by atoms with Crippen LogP contribution in [0.25, 0.3) is 0 Å². The maximum atomic E-state index is 11.6. The Hall–Kier alpha value is -0.280. The summed E-state index contributed by atoms with van der Waals surface area (Å²) >= 11 is 5.73. The van der Waals surface area contributed by atoms with Crippen LogP contribution in [-0.2, 0) is 4.79 Å². The monoisotopic (exact) mass is 235 g/mol. The highest BCUT2D eigenvalue weighted by atomic mass is 35.5. The van der Waals surface area contributed by atoms with E-state index in [-0.39, 0.29) is 12.5 Å². The number of nitrogens with zero attached hydrogens (tertiary/aromatic N) is 1. The number of alkyl halides is 1. The van der Waals surface area contributed by atoms with Gasteiger partial charge in [-0.1, -0.05) is 26.2 Å². The van der Waals surface area contributed by atoms with Gasteiger partial charge in [0, 0.05) is 13.1 Å². The Bertz CT molecular complexity index is 174. The summed E-state index contributed by atoms with van der Waals surface area (Å²) in [7, 11) is 0. The van der Waals surface area contributed by atoms with Crippen LogP contribution in [0, 0.1) is 0 Å². The van der Waals surface area contributed by atoms with E-state index < -0.39 is 5.38 Å². The van der Waals surface area contributed by atoms with Crippen LogP contribution in [0.15, 0.2) is 0 Å². The van der Waals surface area contributed by atoms with E-state index in [0.29, 0.717) is 13.1 Å². The smallest absolute Gasteiger partial charge is 0.240 e. The van der Waals surface area contributed by atoms with Gasteiger partial charge in [0.2, 0.25) is 5.91 Å². The molecule has 1 atom stereocenters. The van der Waals surface area contributed by atoms with Crippen molar-refractivity contribution in [3.63, 3.8) is 0 Å². The molecular formula is C11H22ClNO2. The molecule has 0 aromatic heterocycles. The van der Waals surface area contributed by atoms with Gasteiger partial charge in [0.15, 0.2) is 0 Å². The lowest BCUT2D eigenvalue weighted by molar-refractivity contribution is -0.131.